The standard InChI is InChI=1S/C20H21N3O2/c1-13-17-10-9-16(25-15-7-5-4-6-8-15)11-18(17)19(12-22-24-3)23-20(13)14(2)21/h4-11,22H,2,12,21H2,1,3H3. The summed E-state index contributed by atoms with van der Waals surface area (Å²) in [5.74, 6) is 1.54. The summed E-state index contributed by atoms with van der Waals surface area (Å²) in [6, 6.07) is 15.6. The molecule has 0 aliphatic carbocycles. The number of aryl methyl sites for hydroxylation is 1. The van der Waals surface area contributed by atoms with Crippen molar-refractivity contribution >= 4 is 16.5 Å². The molecule has 0 radical (unpaired) electrons. The number of benzene rings is 2. The summed E-state index contributed by atoms with van der Waals surface area (Å²) >= 11 is 0. The van der Waals surface area contributed by atoms with Gasteiger partial charge < -0.3 is 15.3 Å². The van der Waals surface area contributed by atoms with Gasteiger partial charge in [0.2, 0.25) is 0 Å². The Morgan fingerprint density at radius 1 is 1.12 bits per heavy atom. The molecule has 2 aromatic carbocycles. The minimum atomic E-state index is 0.447. The second kappa shape index (κ2) is 7.34. The number of pyridine rings is 1. The van der Waals surface area contributed by atoms with E-state index in [0.29, 0.717) is 17.9 Å². The summed E-state index contributed by atoms with van der Waals surface area (Å²) in [6.45, 7) is 6.27. The molecule has 5 nitrogen and oxygen atoms in total. The smallest absolute Gasteiger partial charge is 0.128 e. The van der Waals surface area contributed by atoms with Crippen LogP contribution in [0.4, 0.5) is 0 Å². The summed E-state index contributed by atoms with van der Waals surface area (Å²) in [4.78, 5) is 9.64. The molecule has 0 amide bonds. The van der Waals surface area contributed by atoms with Crippen LogP contribution in [0.5, 0.6) is 11.5 Å². The molecule has 3 N–H and O–H groups in total. The lowest BCUT2D eigenvalue weighted by Gasteiger charge is -2.15. The minimum Gasteiger partial charge on any atom is -0.457 e. The molecule has 25 heavy (non-hydrogen) atoms. The number of hydroxylamine groups is 1. The van der Waals surface area contributed by atoms with Crippen LogP contribution in [-0.4, -0.2) is 12.1 Å². The average Bonchev–Trinajstić information content (AvgIpc) is 2.62. The lowest BCUT2D eigenvalue weighted by molar-refractivity contribution is 0.0861. The van der Waals surface area contributed by atoms with Crippen molar-refractivity contribution in [2.75, 3.05) is 7.11 Å². The van der Waals surface area contributed by atoms with Crippen LogP contribution in [0.2, 0.25) is 0 Å². The van der Waals surface area contributed by atoms with Crippen molar-refractivity contribution in [3.8, 4) is 11.5 Å². The maximum atomic E-state index is 5.94. The van der Waals surface area contributed by atoms with Gasteiger partial charge >= 0.3 is 0 Å². The number of hydrogen-bond donors (Lipinski definition) is 2. The molecular formula is C20H21N3O2. The number of aromatic nitrogens is 1. The minimum absolute atomic E-state index is 0.447. The van der Waals surface area contributed by atoms with Gasteiger partial charge in [-0.3, -0.25) is 0 Å². The molecule has 1 aromatic heterocycles. The molecule has 128 valence electrons. The first-order chi connectivity index (χ1) is 12.1. The maximum absolute atomic E-state index is 5.94. The molecule has 0 aliphatic rings. The van der Waals surface area contributed by atoms with Crippen molar-refractivity contribution in [3.63, 3.8) is 0 Å². The second-order valence-corrected chi connectivity index (χ2v) is 5.71. The predicted molar refractivity (Wildman–Crippen MR) is 100 cm³/mol. The zero-order valence-electron chi connectivity index (χ0n) is 14.4. The van der Waals surface area contributed by atoms with Gasteiger partial charge in [0.15, 0.2) is 0 Å². The molecule has 0 aliphatic heterocycles. The van der Waals surface area contributed by atoms with E-state index >= 15 is 0 Å². The van der Waals surface area contributed by atoms with E-state index < -0.39 is 0 Å². The first-order valence-corrected chi connectivity index (χ1v) is 7.97. The monoisotopic (exact) mass is 335 g/mol. The molecule has 0 bridgehead atoms. The lowest BCUT2D eigenvalue weighted by Crippen LogP contribution is -2.14. The van der Waals surface area contributed by atoms with Crippen LogP contribution in [0, 0.1) is 6.92 Å². The van der Waals surface area contributed by atoms with Crippen LogP contribution in [0.25, 0.3) is 16.5 Å². The van der Waals surface area contributed by atoms with E-state index in [1.54, 1.807) is 7.11 Å². The molecule has 3 aromatic rings. The molecule has 0 fully saturated rings. The van der Waals surface area contributed by atoms with Gasteiger partial charge in [-0.2, -0.15) is 5.48 Å². The van der Waals surface area contributed by atoms with E-state index in [-0.39, 0.29) is 0 Å². The highest BCUT2D eigenvalue weighted by Gasteiger charge is 2.13. The molecule has 1 heterocycles. The van der Waals surface area contributed by atoms with E-state index in [9.17, 15) is 0 Å². The summed E-state index contributed by atoms with van der Waals surface area (Å²) in [6.07, 6.45) is 0. The number of fused-ring (bicyclic) bond motifs is 1. The summed E-state index contributed by atoms with van der Waals surface area (Å²) in [7, 11) is 1.57. The van der Waals surface area contributed by atoms with Crippen molar-refractivity contribution in [2.45, 2.75) is 13.5 Å². The maximum Gasteiger partial charge on any atom is 0.128 e. The van der Waals surface area contributed by atoms with Crippen LogP contribution in [-0.2, 0) is 11.4 Å². The first-order valence-electron chi connectivity index (χ1n) is 7.97. The van der Waals surface area contributed by atoms with Crippen LogP contribution < -0.4 is 16.0 Å². The molecule has 3 rings (SSSR count). The summed E-state index contributed by atoms with van der Waals surface area (Å²) in [5, 5.41) is 2.05. The topological polar surface area (TPSA) is 69.4 Å². The lowest BCUT2D eigenvalue weighted by atomic mass is 10.0. The Morgan fingerprint density at radius 2 is 1.88 bits per heavy atom. The van der Waals surface area contributed by atoms with Gasteiger partial charge in [-0.05, 0) is 42.1 Å². The Hall–Kier alpha value is -2.89. The largest absolute Gasteiger partial charge is 0.457 e. The zero-order valence-corrected chi connectivity index (χ0v) is 14.4. The summed E-state index contributed by atoms with van der Waals surface area (Å²) in [5.41, 5.74) is 11.7. The Labute approximate surface area is 147 Å². The Bertz CT molecular complexity index is 908. The van der Waals surface area contributed by atoms with Gasteiger partial charge in [0, 0.05) is 5.39 Å². The Balaban J connectivity index is 2.10. The van der Waals surface area contributed by atoms with Crippen molar-refractivity contribution in [1.29, 1.82) is 0 Å². The van der Waals surface area contributed by atoms with Gasteiger partial charge in [-0.25, -0.2) is 4.98 Å². The average molecular weight is 335 g/mol. The fourth-order valence-electron chi connectivity index (χ4n) is 2.77. The van der Waals surface area contributed by atoms with E-state index in [1.807, 2.05) is 55.5 Å². The quantitative estimate of drug-likeness (QED) is 0.668. The number of para-hydroxylation sites is 1. The van der Waals surface area contributed by atoms with Gasteiger partial charge in [0.1, 0.15) is 11.5 Å². The zero-order chi connectivity index (χ0) is 17.8. The third kappa shape index (κ3) is 3.63. The number of ether oxygens (including phenoxy) is 1. The number of rotatable bonds is 6. The van der Waals surface area contributed by atoms with Crippen LogP contribution in [0.3, 0.4) is 0 Å². The van der Waals surface area contributed by atoms with Gasteiger partial charge in [-0.1, -0.05) is 30.8 Å². The van der Waals surface area contributed by atoms with Gasteiger partial charge in [0.25, 0.3) is 0 Å². The fraction of sp³-hybridized carbons (Fsp3) is 0.150. The van der Waals surface area contributed by atoms with E-state index in [4.69, 9.17) is 15.3 Å². The second-order valence-electron chi connectivity index (χ2n) is 5.71. The molecular weight excluding hydrogens is 314 g/mol. The highest BCUT2D eigenvalue weighted by molar-refractivity contribution is 5.91. The number of hydrogen-bond acceptors (Lipinski definition) is 5. The highest BCUT2D eigenvalue weighted by Crippen LogP contribution is 2.31. The van der Waals surface area contributed by atoms with Gasteiger partial charge in [-0.15, -0.1) is 0 Å². The van der Waals surface area contributed by atoms with E-state index in [0.717, 1.165) is 33.5 Å². The molecule has 0 atom stereocenters. The SMILES string of the molecule is C=C(N)c1nc(CNOC)c2cc(Oc3ccccc3)ccc2c1C. The Kier molecular flexibility index (Phi) is 4.97. The van der Waals surface area contributed by atoms with Crippen LogP contribution >= 0.6 is 0 Å². The summed E-state index contributed by atoms with van der Waals surface area (Å²) < 4.78 is 5.94. The first kappa shape index (κ1) is 17.0. The van der Waals surface area contributed by atoms with Crippen LogP contribution in [0.15, 0.2) is 55.1 Å². The third-order valence-electron chi connectivity index (χ3n) is 3.97. The normalized spacial score (nSPS) is 10.8. The third-order valence-corrected chi connectivity index (χ3v) is 3.97. The van der Waals surface area contributed by atoms with Crippen LogP contribution in [0.1, 0.15) is 17.0 Å². The van der Waals surface area contributed by atoms with Crippen molar-refractivity contribution < 1.29 is 9.57 Å². The number of nitrogens with one attached hydrogen (secondary N) is 1. The molecule has 0 saturated heterocycles. The molecule has 0 spiro atoms. The van der Waals surface area contributed by atoms with E-state index in [2.05, 4.69) is 17.0 Å². The molecule has 0 unspecified atom stereocenters. The molecule has 0 saturated carbocycles. The van der Waals surface area contributed by atoms with Crippen molar-refractivity contribution in [2.24, 2.45) is 5.73 Å². The molecule has 5 heteroatoms. The van der Waals surface area contributed by atoms with Crippen molar-refractivity contribution in [1.82, 2.24) is 10.5 Å². The fourth-order valence-corrected chi connectivity index (χ4v) is 2.77. The van der Waals surface area contributed by atoms with Crippen molar-refractivity contribution in [3.05, 3.63) is 72.1 Å². The van der Waals surface area contributed by atoms with Gasteiger partial charge in [0.05, 0.1) is 30.7 Å². The number of nitrogens with two attached hydrogens (primary N) is 1. The predicted octanol–water partition coefficient (Wildman–Crippen LogP) is 3.92. The Morgan fingerprint density at radius 3 is 2.56 bits per heavy atom. The highest BCUT2D eigenvalue weighted by atomic mass is 16.6. The van der Waals surface area contributed by atoms with E-state index in [1.165, 1.54) is 0 Å². The number of nitrogens with zero attached hydrogens (tertiary/aromatic N) is 1.